The Bertz CT molecular complexity index is 868. The molecule has 4 rings (SSSR count). The van der Waals surface area contributed by atoms with Gasteiger partial charge in [0, 0.05) is 9.79 Å². The number of carbonyl (C=O) groups is 2. The monoisotopic (exact) mass is 326 g/mol. The average Bonchev–Trinajstić information content (AvgIpc) is 2.89. The predicted molar refractivity (Wildman–Crippen MR) is 86.3 cm³/mol. The van der Waals surface area contributed by atoms with Gasteiger partial charge in [-0.05, 0) is 36.8 Å². The number of thioether (sulfide) groups is 2. The molecule has 0 unspecified atom stereocenters. The zero-order chi connectivity index (χ0) is 15.3. The van der Waals surface area contributed by atoms with Crippen molar-refractivity contribution in [2.24, 2.45) is 0 Å². The van der Waals surface area contributed by atoms with Gasteiger partial charge in [0.25, 0.3) is 0 Å². The van der Waals surface area contributed by atoms with Gasteiger partial charge in [0.05, 0.1) is 9.80 Å². The van der Waals surface area contributed by atoms with Gasteiger partial charge in [-0.25, -0.2) is 4.79 Å². The zero-order valence-corrected chi connectivity index (χ0v) is 13.2. The van der Waals surface area contributed by atoms with Crippen LogP contribution in [0.3, 0.4) is 0 Å². The zero-order valence-electron chi connectivity index (χ0n) is 11.6. The molecule has 0 saturated heterocycles. The quantitative estimate of drug-likeness (QED) is 0.314. The van der Waals surface area contributed by atoms with Gasteiger partial charge < -0.3 is 4.74 Å². The summed E-state index contributed by atoms with van der Waals surface area (Å²) in [6.07, 6.45) is 0. The molecule has 108 valence electrons. The summed E-state index contributed by atoms with van der Waals surface area (Å²) in [7, 11) is 0. The van der Waals surface area contributed by atoms with Crippen LogP contribution in [0.2, 0.25) is 0 Å². The largest absolute Gasteiger partial charge is 0.422 e. The molecule has 0 aliphatic carbocycles. The van der Waals surface area contributed by atoms with Crippen molar-refractivity contribution in [3.05, 3.63) is 63.4 Å². The minimum atomic E-state index is -0.566. The molecule has 0 saturated carbocycles. The van der Waals surface area contributed by atoms with Gasteiger partial charge in [-0.1, -0.05) is 41.7 Å². The Morgan fingerprint density at radius 2 is 1.73 bits per heavy atom. The van der Waals surface area contributed by atoms with Crippen molar-refractivity contribution in [1.29, 1.82) is 0 Å². The molecular weight excluding hydrogens is 316 g/mol. The van der Waals surface area contributed by atoms with Crippen LogP contribution < -0.4 is 4.74 Å². The molecule has 2 aromatic carbocycles. The third-order valence-electron chi connectivity index (χ3n) is 3.47. The van der Waals surface area contributed by atoms with Gasteiger partial charge in [-0.2, -0.15) is 0 Å². The number of ketones is 1. The van der Waals surface area contributed by atoms with Crippen molar-refractivity contribution in [1.82, 2.24) is 0 Å². The Kier molecular flexibility index (Phi) is 3.13. The molecule has 5 heteroatoms. The van der Waals surface area contributed by atoms with E-state index in [0.717, 1.165) is 15.4 Å². The van der Waals surface area contributed by atoms with E-state index in [1.54, 1.807) is 24.3 Å². The lowest BCUT2D eigenvalue weighted by atomic mass is 10.0. The third kappa shape index (κ3) is 2.09. The Morgan fingerprint density at radius 1 is 0.955 bits per heavy atom. The first-order valence-corrected chi connectivity index (χ1v) is 8.33. The molecule has 2 aromatic rings. The summed E-state index contributed by atoms with van der Waals surface area (Å²) in [5.41, 5.74) is 1.74. The Morgan fingerprint density at radius 3 is 2.59 bits per heavy atom. The highest BCUT2D eigenvalue weighted by molar-refractivity contribution is 8.24. The van der Waals surface area contributed by atoms with Gasteiger partial charge in [-0.15, -0.1) is 0 Å². The smallest absolute Gasteiger partial charge is 0.349 e. The number of esters is 1. The van der Waals surface area contributed by atoms with E-state index >= 15 is 0 Å². The standard InChI is InChI=1S/C17H10O3S2/c1-9-6-7-12-13(8-9)22-17(21-12)14-15(18)10-4-2-3-5-11(10)20-16(14)19/h2-8H,1H3/b17-14-. The minimum Gasteiger partial charge on any atom is -0.422 e. The maximum Gasteiger partial charge on any atom is 0.349 e. The van der Waals surface area contributed by atoms with E-state index in [1.807, 2.05) is 19.1 Å². The Labute approximate surface area is 135 Å². The molecule has 2 aliphatic rings. The van der Waals surface area contributed by atoms with Crippen LogP contribution in [-0.4, -0.2) is 11.8 Å². The van der Waals surface area contributed by atoms with Gasteiger partial charge in [-0.3, -0.25) is 4.79 Å². The Hall–Kier alpha value is -1.98. The second-order valence-corrected chi connectivity index (χ2v) is 7.39. The lowest BCUT2D eigenvalue weighted by Gasteiger charge is -2.17. The summed E-state index contributed by atoms with van der Waals surface area (Å²) in [5, 5.41) is 0. The van der Waals surface area contributed by atoms with Crippen LogP contribution in [0.15, 0.2) is 62.1 Å². The van der Waals surface area contributed by atoms with Crippen LogP contribution in [0.1, 0.15) is 15.9 Å². The molecule has 3 nitrogen and oxygen atoms in total. The number of carbonyl (C=O) groups excluding carboxylic acids is 2. The maximum atomic E-state index is 12.6. The number of benzene rings is 2. The summed E-state index contributed by atoms with van der Waals surface area (Å²) in [6, 6.07) is 12.9. The van der Waals surface area contributed by atoms with Crippen molar-refractivity contribution in [2.45, 2.75) is 16.7 Å². The molecule has 0 N–H and O–H groups in total. The minimum absolute atomic E-state index is 0.141. The van der Waals surface area contributed by atoms with Gasteiger partial charge in [0.2, 0.25) is 5.78 Å². The fourth-order valence-electron chi connectivity index (χ4n) is 2.40. The SMILES string of the molecule is Cc1ccc2c(c1)S/C(=C1\C(=O)Oc3ccccc3C1=O)S2. The normalized spacial score (nSPS) is 19.7. The van der Waals surface area contributed by atoms with E-state index in [4.69, 9.17) is 4.74 Å². The number of fused-ring (bicyclic) bond motifs is 2. The molecule has 0 amide bonds. The topological polar surface area (TPSA) is 43.4 Å². The van der Waals surface area contributed by atoms with Gasteiger partial charge in [0.1, 0.15) is 11.3 Å². The fourth-order valence-corrected chi connectivity index (χ4v) is 5.02. The highest BCUT2D eigenvalue weighted by Gasteiger charge is 2.36. The van der Waals surface area contributed by atoms with E-state index in [1.165, 1.54) is 23.5 Å². The second kappa shape index (κ2) is 5.04. The van der Waals surface area contributed by atoms with E-state index in [0.29, 0.717) is 15.6 Å². The molecule has 0 atom stereocenters. The third-order valence-corrected chi connectivity index (χ3v) is 6.02. The number of rotatable bonds is 0. The number of Topliss-reactive ketones (excluding diaryl/α,β-unsaturated/α-hetero) is 1. The summed E-state index contributed by atoms with van der Waals surface area (Å²) in [6.45, 7) is 2.02. The Balaban J connectivity index is 1.81. The van der Waals surface area contributed by atoms with Crippen molar-refractivity contribution >= 4 is 35.3 Å². The lowest BCUT2D eigenvalue weighted by Crippen LogP contribution is -2.25. The molecule has 0 bridgehead atoms. The average molecular weight is 326 g/mol. The number of aryl methyl sites for hydroxylation is 1. The summed E-state index contributed by atoms with van der Waals surface area (Å²) >= 11 is 2.91. The lowest BCUT2D eigenvalue weighted by molar-refractivity contribution is -0.130. The first-order chi connectivity index (χ1) is 10.6. The van der Waals surface area contributed by atoms with Crippen LogP contribution >= 0.6 is 23.5 Å². The molecule has 0 spiro atoms. The van der Waals surface area contributed by atoms with E-state index < -0.39 is 5.97 Å². The summed E-state index contributed by atoms with van der Waals surface area (Å²) in [5.74, 6) is -0.488. The molecule has 0 aromatic heterocycles. The molecule has 2 heterocycles. The van der Waals surface area contributed by atoms with Crippen LogP contribution in [0.5, 0.6) is 5.75 Å². The first kappa shape index (κ1) is 13.7. The molecule has 2 aliphatic heterocycles. The second-order valence-electron chi connectivity index (χ2n) is 5.03. The highest BCUT2D eigenvalue weighted by atomic mass is 32.2. The molecule has 0 fully saturated rings. The summed E-state index contributed by atoms with van der Waals surface area (Å²) in [4.78, 5) is 27.0. The molecule has 0 radical (unpaired) electrons. The van der Waals surface area contributed by atoms with E-state index in [9.17, 15) is 9.59 Å². The summed E-state index contributed by atoms with van der Waals surface area (Å²) < 4.78 is 6.00. The number of para-hydroxylation sites is 1. The molecular formula is C17H10O3S2. The molecule has 22 heavy (non-hydrogen) atoms. The van der Waals surface area contributed by atoms with Crippen molar-refractivity contribution in [2.75, 3.05) is 0 Å². The number of hydrogen-bond acceptors (Lipinski definition) is 5. The fraction of sp³-hybridized carbons (Fsp3) is 0.0588. The number of ether oxygens (including phenoxy) is 1. The van der Waals surface area contributed by atoms with E-state index in [-0.39, 0.29) is 11.4 Å². The van der Waals surface area contributed by atoms with Crippen LogP contribution in [0, 0.1) is 6.92 Å². The van der Waals surface area contributed by atoms with Crippen molar-refractivity contribution < 1.29 is 14.3 Å². The maximum absolute atomic E-state index is 12.6. The van der Waals surface area contributed by atoms with Gasteiger partial charge in [0.15, 0.2) is 0 Å². The van der Waals surface area contributed by atoms with Crippen LogP contribution in [0.25, 0.3) is 0 Å². The van der Waals surface area contributed by atoms with Crippen molar-refractivity contribution in [3.63, 3.8) is 0 Å². The van der Waals surface area contributed by atoms with Crippen LogP contribution in [-0.2, 0) is 4.79 Å². The highest BCUT2D eigenvalue weighted by Crippen LogP contribution is 2.53. The number of hydrogen-bond donors (Lipinski definition) is 0. The first-order valence-electron chi connectivity index (χ1n) is 6.70. The predicted octanol–water partition coefficient (Wildman–Crippen LogP) is 4.21. The van der Waals surface area contributed by atoms with Gasteiger partial charge >= 0.3 is 5.97 Å². The van der Waals surface area contributed by atoms with Crippen LogP contribution in [0.4, 0.5) is 0 Å². The van der Waals surface area contributed by atoms with E-state index in [2.05, 4.69) is 6.07 Å². The van der Waals surface area contributed by atoms with Crippen molar-refractivity contribution in [3.8, 4) is 5.75 Å².